The van der Waals surface area contributed by atoms with Gasteiger partial charge in [-0.2, -0.15) is 5.26 Å². The molecule has 0 saturated heterocycles. The van der Waals surface area contributed by atoms with E-state index < -0.39 is 6.04 Å². The van der Waals surface area contributed by atoms with Gasteiger partial charge in [-0.3, -0.25) is 5.32 Å². The van der Waals surface area contributed by atoms with Crippen molar-refractivity contribution in [3.63, 3.8) is 0 Å². The Balaban J connectivity index is 2.93. The molecule has 0 spiro atoms. The van der Waals surface area contributed by atoms with Gasteiger partial charge in [0.15, 0.2) is 0 Å². The SMILES string of the molecule is N#CC(NCCO)c1cccc(Cl)c1Cl. The topological polar surface area (TPSA) is 56.0 Å². The normalized spacial score (nSPS) is 12.1. The maximum absolute atomic E-state index is 8.93. The third-order valence-corrected chi connectivity index (χ3v) is 2.72. The molecule has 15 heavy (non-hydrogen) atoms. The zero-order chi connectivity index (χ0) is 11.3. The molecule has 0 fully saturated rings. The zero-order valence-electron chi connectivity index (χ0n) is 7.87. The highest BCUT2D eigenvalue weighted by atomic mass is 35.5. The fraction of sp³-hybridized carbons (Fsp3) is 0.300. The Bertz CT molecular complexity index is 376. The van der Waals surface area contributed by atoms with Gasteiger partial charge in [0.1, 0.15) is 6.04 Å². The summed E-state index contributed by atoms with van der Waals surface area (Å²) >= 11 is 11.8. The number of aliphatic hydroxyl groups excluding tert-OH is 1. The van der Waals surface area contributed by atoms with E-state index in [4.69, 9.17) is 33.6 Å². The minimum absolute atomic E-state index is 0.0314. The number of nitrogens with one attached hydrogen (secondary N) is 1. The first kappa shape index (κ1) is 12.3. The predicted octanol–water partition coefficient (Wildman–Crippen LogP) is 2.14. The van der Waals surface area contributed by atoms with Crippen LogP contribution in [-0.4, -0.2) is 18.3 Å². The Labute approximate surface area is 98.2 Å². The van der Waals surface area contributed by atoms with E-state index in [-0.39, 0.29) is 6.61 Å². The van der Waals surface area contributed by atoms with Crippen LogP contribution in [0.3, 0.4) is 0 Å². The summed E-state index contributed by atoms with van der Waals surface area (Å²) in [4.78, 5) is 0. The number of benzene rings is 1. The van der Waals surface area contributed by atoms with Gasteiger partial charge in [0, 0.05) is 12.1 Å². The van der Waals surface area contributed by atoms with Gasteiger partial charge in [-0.25, -0.2) is 0 Å². The largest absolute Gasteiger partial charge is 0.395 e. The van der Waals surface area contributed by atoms with Crippen molar-refractivity contribution < 1.29 is 5.11 Å². The summed E-state index contributed by atoms with van der Waals surface area (Å²) in [6, 6.07) is 6.62. The zero-order valence-corrected chi connectivity index (χ0v) is 9.39. The molecule has 0 aliphatic rings. The quantitative estimate of drug-likeness (QED) is 0.854. The first-order valence-electron chi connectivity index (χ1n) is 4.38. The van der Waals surface area contributed by atoms with E-state index in [2.05, 4.69) is 11.4 Å². The molecular formula is C10H10Cl2N2O. The van der Waals surface area contributed by atoms with Crippen molar-refractivity contribution in [2.75, 3.05) is 13.2 Å². The molecule has 0 bridgehead atoms. The lowest BCUT2D eigenvalue weighted by atomic mass is 10.1. The molecule has 0 aromatic heterocycles. The van der Waals surface area contributed by atoms with E-state index in [9.17, 15) is 0 Å². The number of hydrogen-bond acceptors (Lipinski definition) is 3. The molecular weight excluding hydrogens is 235 g/mol. The highest BCUT2D eigenvalue weighted by molar-refractivity contribution is 6.42. The standard InChI is InChI=1S/C10H10Cl2N2O/c11-8-3-1-2-7(10(8)12)9(6-13)14-4-5-15/h1-3,9,14-15H,4-5H2. The first-order valence-corrected chi connectivity index (χ1v) is 5.14. The van der Waals surface area contributed by atoms with Crippen molar-refractivity contribution >= 4 is 23.2 Å². The summed E-state index contributed by atoms with van der Waals surface area (Å²) in [5.74, 6) is 0. The van der Waals surface area contributed by atoms with Crippen LogP contribution in [0.5, 0.6) is 0 Å². The average molecular weight is 245 g/mol. The summed E-state index contributed by atoms with van der Waals surface area (Å²) in [6.45, 7) is 0.303. The van der Waals surface area contributed by atoms with Crippen LogP contribution in [0.1, 0.15) is 11.6 Å². The lowest BCUT2D eigenvalue weighted by Gasteiger charge is -2.12. The predicted molar refractivity (Wildman–Crippen MR) is 59.9 cm³/mol. The maximum Gasteiger partial charge on any atom is 0.122 e. The molecule has 0 radical (unpaired) electrons. The lowest BCUT2D eigenvalue weighted by molar-refractivity contribution is 0.289. The van der Waals surface area contributed by atoms with Gasteiger partial charge in [0.2, 0.25) is 0 Å². The number of rotatable bonds is 4. The Morgan fingerprint density at radius 2 is 2.20 bits per heavy atom. The van der Waals surface area contributed by atoms with Crippen LogP contribution in [0.4, 0.5) is 0 Å². The van der Waals surface area contributed by atoms with Gasteiger partial charge in [0.05, 0.1) is 22.7 Å². The molecule has 1 aromatic rings. The van der Waals surface area contributed by atoms with Crippen molar-refractivity contribution in [2.24, 2.45) is 0 Å². The van der Waals surface area contributed by atoms with Crippen molar-refractivity contribution in [3.8, 4) is 6.07 Å². The van der Waals surface area contributed by atoms with E-state index in [0.717, 1.165) is 0 Å². The van der Waals surface area contributed by atoms with Gasteiger partial charge in [-0.1, -0.05) is 35.3 Å². The second-order valence-corrected chi connectivity index (χ2v) is 3.67. The van der Waals surface area contributed by atoms with Crippen molar-refractivity contribution in [1.29, 1.82) is 5.26 Å². The third kappa shape index (κ3) is 3.08. The molecule has 80 valence electrons. The molecule has 1 rings (SSSR count). The van der Waals surface area contributed by atoms with E-state index >= 15 is 0 Å². The van der Waals surface area contributed by atoms with Crippen LogP contribution in [0.15, 0.2) is 18.2 Å². The molecule has 1 aromatic carbocycles. The third-order valence-electron chi connectivity index (χ3n) is 1.88. The van der Waals surface area contributed by atoms with Gasteiger partial charge < -0.3 is 5.11 Å². The van der Waals surface area contributed by atoms with Crippen molar-refractivity contribution in [2.45, 2.75) is 6.04 Å². The minimum Gasteiger partial charge on any atom is -0.395 e. The summed E-state index contributed by atoms with van der Waals surface area (Å²) in [6.07, 6.45) is 0. The Hall–Kier alpha value is -0.790. The number of hydrogen-bond donors (Lipinski definition) is 2. The lowest BCUT2D eigenvalue weighted by Crippen LogP contribution is -2.23. The monoisotopic (exact) mass is 244 g/mol. The molecule has 0 heterocycles. The summed E-state index contributed by atoms with van der Waals surface area (Å²) < 4.78 is 0. The first-order chi connectivity index (χ1) is 7.20. The number of aliphatic hydroxyl groups is 1. The molecule has 5 heteroatoms. The Morgan fingerprint density at radius 3 is 2.80 bits per heavy atom. The number of halogens is 2. The van der Waals surface area contributed by atoms with Crippen molar-refractivity contribution in [1.82, 2.24) is 5.32 Å². The average Bonchev–Trinajstić information content (AvgIpc) is 2.25. The Morgan fingerprint density at radius 1 is 1.47 bits per heavy atom. The van der Waals surface area contributed by atoms with Gasteiger partial charge in [-0.15, -0.1) is 0 Å². The molecule has 1 atom stereocenters. The fourth-order valence-corrected chi connectivity index (χ4v) is 1.59. The molecule has 0 aliphatic carbocycles. The smallest absolute Gasteiger partial charge is 0.122 e. The summed E-state index contributed by atoms with van der Waals surface area (Å²) in [7, 11) is 0. The van der Waals surface area contributed by atoms with Crippen molar-refractivity contribution in [3.05, 3.63) is 33.8 Å². The molecule has 0 aliphatic heterocycles. The van der Waals surface area contributed by atoms with Crippen LogP contribution >= 0.6 is 23.2 Å². The van der Waals surface area contributed by atoms with Crippen LogP contribution in [0.25, 0.3) is 0 Å². The molecule has 2 N–H and O–H groups in total. The van der Waals surface area contributed by atoms with Gasteiger partial charge >= 0.3 is 0 Å². The number of nitriles is 1. The maximum atomic E-state index is 8.93. The van der Waals surface area contributed by atoms with E-state index in [1.54, 1.807) is 18.2 Å². The second-order valence-electron chi connectivity index (χ2n) is 2.88. The van der Waals surface area contributed by atoms with Crippen LogP contribution < -0.4 is 5.32 Å². The Kier molecular flexibility index (Phi) is 4.86. The molecule has 0 amide bonds. The summed E-state index contributed by atoms with van der Waals surface area (Å²) in [5, 5.41) is 21.2. The highest BCUT2D eigenvalue weighted by Gasteiger charge is 2.14. The minimum atomic E-state index is -0.552. The van der Waals surface area contributed by atoms with E-state index in [1.165, 1.54) is 0 Å². The molecule has 3 nitrogen and oxygen atoms in total. The van der Waals surface area contributed by atoms with E-state index in [0.29, 0.717) is 22.2 Å². The fourth-order valence-electron chi connectivity index (χ4n) is 1.18. The van der Waals surface area contributed by atoms with E-state index in [1.807, 2.05) is 0 Å². The summed E-state index contributed by atoms with van der Waals surface area (Å²) in [5.41, 5.74) is 0.625. The second kappa shape index (κ2) is 5.94. The van der Waals surface area contributed by atoms with Crippen LogP contribution in [0, 0.1) is 11.3 Å². The highest BCUT2D eigenvalue weighted by Crippen LogP contribution is 2.29. The number of nitrogens with zero attached hydrogens (tertiary/aromatic N) is 1. The molecule has 1 unspecified atom stereocenters. The van der Waals surface area contributed by atoms with Gasteiger partial charge in [-0.05, 0) is 6.07 Å². The van der Waals surface area contributed by atoms with Gasteiger partial charge in [0.25, 0.3) is 0 Å². The van der Waals surface area contributed by atoms with Crippen LogP contribution in [-0.2, 0) is 0 Å². The van der Waals surface area contributed by atoms with Crippen LogP contribution in [0.2, 0.25) is 10.0 Å². The molecule has 0 saturated carbocycles.